The highest BCUT2D eigenvalue weighted by Gasteiger charge is 2.20. The maximum atomic E-state index is 12.3. The molecule has 1 aliphatic rings. The molecule has 0 aromatic heterocycles. The Bertz CT molecular complexity index is 686. The highest BCUT2D eigenvalue weighted by Crippen LogP contribution is 2.20. The molecule has 2 aromatic carbocycles. The van der Waals surface area contributed by atoms with Gasteiger partial charge < -0.3 is 9.80 Å². The van der Waals surface area contributed by atoms with Crippen LogP contribution in [0.1, 0.15) is 11.1 Å². The summed E-state index contributed by atoms with van der Waals surface area (Å²) in [6.45, 7) is 5.44. The van der Waals surface area contributed by atoms with E-state index in [1.165, 1.54) is 11.3 Å². The molecule has 0 bridgehead atoms. The number of hydrogen-bond acceptors (Lipinski definition) is 2. The fourth-order valence-electron chi connectivity index (χ4n) is 2.92. The number of nitrogens with zero attached hydrogens (tertiary/aromatic N) is 2. The molecule has 1 heterocycles. The highest BCUT2D eigenvalue weighted by molar-refractivity contribution is 5.92. The molecule has 3 heteroatoms. The van der Waals surface area contributed by atoms with E-state index in [2.05, 4.69) is 36.1 Å². The summed E-state index contributed by atoms with van der Waals surface area (Å²) in [5.41, 5.74) is 3.62. The summed E-state index contributed by atoms with van der Waals surface area (Å²) < 4.78 is 0. The molecule has 0 N–H and O–H groups in total. The van der Waals surface area contributed by atoms with Crippen LogP contribution in [0, 0.1) is 6.92 Å². The quantitative estimate of drug-likeness (QED) is 0.812. The van der Waals surface area contributed by atoms with Crippen LogP contribution in [-0.2, 0) is 4.79 Å². The molecule has 0 unspecified atom stereocenters. The predicted molar refractivity (Wildman–Crippen MR) is 95.4 cm³/mol. The third-order valence-electron chi connectivity index (χ3n) is 4.27. The van der Waals surface area contributed by atoms with E-state index >= 15 is 0 Å². The molecule has 0 radical (unpaired) electrons. The lowest BCUT2D eigenvalue weighted by atomic mass is 10.1. The molecule has 2 aromatic rings. The van der Waals surface area contributed by atoms with Crippen LogP contribution in [0.25, 0.3) is 6.08 Å². The van der Waals surface area contributed by atoms with Gasteiger partial charge in [-0.25, -0.2) is 0 Å². The molecular weight excluding hydrogens is 284 g/mol. The molecular formula is C20H22N2O. The van der Waals surface area contributed by atoms with Gasteiger partial charge >= 0.3 is 0 Å². The number of hydrogen-bond donors (Lipinski definition) is 0. The van der Waals surface area contributed by atoms with Crippen molar-refractivity contribution in [3.05, 3.63) is 71.8 Å². The Morgan fingerprint density at radius 1 is 0.913 bits per heavy atom. The first-order valence-electron chi connectivity index (χ1n) is 8.06. The number of aryl methyl sites for hydroxylation is 1. The second-order valence-electron chi connectivity index (χ2n) is 5.84. The van der Waals surface area contributed by atoms with E-state index in [1.807, 2.05) is 41.3 Å². The van der Waals surface area contributed by atoms with Gasteiger partial charge in [0.05, 0.1) is 0 Å². The summed E-state index contributed by atoms with van der Waals surface area (Å²) in [4.78, 5) is 16.6. The van der Waals surface area contributed by atoms with E-state index in [0.29, 0.717) is 0 Å². The zero-order valence-corrected chi connectivity index (χ0v) is 13.5. The Labute approximate surface area is 137 Å². The summed E-state index contributed by atoms with van der Waals surface area (Å²) in [6, 6.07) is 18.4. The maximum Gasteiger partial charge on any atom is 0.246 e. The van der Waals surface area contributed by atoms with E-state index in [1.54, 1.807) is 6.08 Å². The van der Waals surface area contributed by atoms with Gasteiger partial charge in [-0.3, -0.25) is 4.79 Å². The first-order chi connectivity index (χ1) is 11.2. The number of benzene rings is 2. The lowest BCUT2D eigenvalue weighted by Gasteiger charge is -2.36. The van der Waals surface area contributed by atoms with Gasteiger partial charge in [0.1, 0.15) is 0 Å². The van der Waals surface area contributed by atoms with E-state index < -0.39 is 0 Å². The molecule has 0 atom stereocenters. The predicted octanol–water partition coefficient (Wildman–Crippen LogP) is 3.36. The molecule has 23 heavy (non-hydrogen) atoms. The van der Waals surface area contributed by atoms with Gasteiger partial charge in [-0.15, -0.1) is 0 Å². The van der Waals surface area contributed by atoms with Crippen molar-refractivity contribution < 1.29 is 4.79 Å². The maximum absolute atomic E-state index is 12.3. The van der Waals surface area contributed by atoms with Gasteiger partial charge in [0.15, 0.2) is 0 Å². The Balaban J connectivity index is 1.57. The minimum atomic E-state index is 0.0956. The first-order valence-corrected chi connectivity index (χ1v) is 8.06. The number of para-hydroxylation sites is 1. The molecule has 3 rings (SSSR count). The Morgan fingerprint density at radius 2 is 1.57 bits per heavy atom. The van der Waals surface area contributed by atoms with Crippen LogP contribution in [-0.4, -0.2) is 37.0 Å². The van der Waals surface area contributed by atoms with E-state index in [-0.39, 0.29) is 5.91 Å². The molecule has 0 saturated carbocycles. The molecule has 0 spiro atoms. The van der Waals surface area contributed by atoms with Gasteiger partial charge in [-0.05, 0) is 30.2 Å². The fourth-order valence-corrected chi connectivity index (χ4v) is 2.92. The summed E-state index contributed by atoms with van der Waals surface area (Å²) in [5.74, 6) is 0.0956. The molecule has 1 fully saturated rings. The summed E-state index contributed by atoms with van der Waals surface area (Å²) >= 11 is 0. The van der Waals surface area contributed by atoms with Gasteiger partial charge in [0, 0.05) is 37.9 Å². The molecule has 1 amide bonds. The number of amides is 1. The minimum absolute atomic E-state index is 0.0956. The number of carbonyl (C=O) groups excluding carboxylic acids is 1. The SMILES string of the molecule is Cc1ccccc1N1CCN(C(=O)C=Cc2ccccc2)CC1. The lowest BCUT2D eigenvalue weighted by molar-refractivity contribution is -0.126. The van der Waals surface area contributed by atoms with Crippen LogP contribution < -0.4 is 4.90 Å². The van der Waals surface area contributed by atoms with Crippen molar-refractivity contribution in [2.75, 3.05) is 31.1 Å². The van der Waals surface area contributed by atoms with Gasteiger partial charge in [0.25, 0.3) is 0 Å². The third kappa shape index (κ3) is 3.81. The molecule has 1 aliphatic heterocycles. The number of carbonyl (C=O) groups is 1. The second-order valence-corrected chi connectivity index (χ2v) is 5.84. The number of anilines is 1. The van der Waals surface area contributed by atoms with Crippen LogP contribution in [0.15, 0.2) is 60.7 Å². The first kappa shape index (κ1) is 15.3. The van der Waals surface area contributed by atoms with Crippen LogP contribution in [0.3, 0.4) is 0 Å². The van der Waals surface area contributed by atoms with Crippen molar-refractivity contribution >= 4 is 17.7 Å². The van der Waals surface area contributed by atoms with Crippen molar-refractivity contribution in [2.45, 2.75) is 6.92 Å². The number of rotatable bonds is 3. The summed E-state index contributed by atoms with van der Waals surface area (Å²) in [7, 11) is 0. The smallest absolute Gasteiger partial charge is 0.246 e. The van der Waals surface area contributed by atoms with Crippen LogP contribution in [0.2, 0.25) is 0 Å². The molecule has 0 aliphatic carbocycles. The average molecular weight is 306 g/mol. The second kappa shape index (κ2) is 7.14. The monoisotopic (exact) mass is 306 g/mol. The van der Waals surface area contributed by atoms with E-state index in [9.17, 15) is 4.79 Å². The standard InChI is InChI=1S/C20H22N2O/c1-17-7-5-6-10-19(17)21-13-15-22(16-14-21)20(23)12-11-18-8-3-2-4-9-18/h2-12H,13-16H2,1H3. The number of piperazine rings is 1. The van der Waals surface area contributed by atoms with Crippen molar-refractivity contribution in [1.29, 1.82) is 0 Å². The Morgan fingerprint density at radius 3 is 2.26 bits per heavy atom. The van der Waals surface area contributed by atoms with Crippen LogP contribution >= 0.6 is 0 Å². The molecule has 1 saturated heterocycles. The van der Waals surface area contributed by atoms with Crippen molar-refractivity contribution in [3.8, 4) is 0 Å². The van der Waals surface area contributed by atoms with Crippen LogP contribution in [0.5, 0.6) is 0 Å². The normalized spacial score (nSPS) is 15.2. The summed E-state index contributed by atoms with van der Waals surface area (Å²) in [5, 5.41) is 0. The van der Waals surface area contributed by atoms with Gasteiger partial charge in [-0.2, -0.15) is 0 Å². The summed E-state index contributed by atoms with van der Waals surface area (Å²) in [6.07, 6.45) is 3.56. The van der Waals surface area contributed by atoms with Gasteiger partial charge in [-0.1, -0.05) is 48.5 Å². The largest absolute Gasteiger partial charge is 0.368 e. The van der Waals surface area contributed by atoms with Crippen molar-refractivity contribution in [2.24, 2.45) is 0 Å². The average Bonchev–Trinajstić information content (AvgIpc) is 2.61. The zero-order chi connectivity index (χ0) is 16.1. The minimum Gasteiger partial charge on any atom is -0.368 e. The topological polar surface area (TPSA) is 23.6 Å². The van der Waals surface area contributed by atoms with Crippen LogP contribution in [0.4, 0.5) is 5.69 Å². The Hall–Kier alpha value is -2.55. The van der Waals surface area contributed by atoms with Crippen molar-refractivity contribution in [3.63, 3.8) is 0 Å². The van der Waals surface area contributed by atoms with E-state index in [0.717, 1.165) is 31.7 Å². The van der Waals surface area contributed by atoms with Crippen molar-refractivity contribution in [1.82, 2.24) is 4.90 Å². The van der Waals surface area contributed by atoms with E-state index in [4.69, 9.17) is 0 Å². The van der Waals surface area contributed by atoms with Gasteiger partial charge in [0.2, 0.25) is 5.91 Å². The lowest BCUT2D eigenvalue weighted by Crippen LogP contribution is -2.48. The zero-order valence-electron chi connectivity index (χ0n) is 13.5. The highest BCUT2D eigenvalue weighted by atomic mass is 16.2. The third-order valence-corrected chi connectivity index (χ3v) is 4.27. The molecule has 118 valence electrons. The Kier molecular flexibility index (Phi) is 4.77. The molecule has 3 nitrogen and oxygen atoms in total. The fraction of sp³-hybridized carbons (Fsp3) is 0.250.